The van der Waals surface area contributed by atoms with Gasteiger partial charge in [0.25, 0.3) is 5.91 Å². The van der Waals surface area contributed by atoms with Crippen molar-refractivity contribution in [2.75, 3.05) is 20.2 Å². The predicted molar refractivity (Wildman–Crippen MR) is 113 cm³/mol. The van der Waals surface area contributed by atoms with Gasteiger partial charge in [0.15, 0.2) is 0 Å². The number of hydrogen-bond acceptors (Lipinski definition) is 3. The molecule has 0 saturated carbocycles. The van der Waals surface area contributed by atoms with Crippen LogP contribution >= 0.6 is 0 Å². The minimum Gasteiger partial charge on any atom is -0.497 e. The Morgan fingerprint density at radius 3 is 2.66 bits per heavy atom. The highest BCUT2D eigenvalue weighted by molar-refractivity contribution is 5.94. The number of hydrogen-bond donors (Lipinski definition) is 0. The molecule has 1 heterocycles. The van der Waals surface area contributed by atoms with Gasteiger partial charge in [0.2, 0.25) is 0 Å². The maximum absolute atomic E-state index is 12.9. The predicted octanol–water partition coefficient (Wildman–Crippen LogP) is 4.42. The Kier molecular flexibility index (Phi) is 6.05. The van der Waals surface area contributed by atoms with E-state index in [2.05, 4.69) is 31.8 Å². The Bertz CT molecular complexity index is 1050. The van der Waals surface area contributed by atoms with Crippen LogP contribution in [0.3, 0.4) is 0 Å². The molecule has 3 rings (SSSR count). The summed E-state index contributed by atoms with van der Waals surface area (Å²) >= 11 is 0. The number of carbonyl (C=O) groups is 1. The van der Waals surface area contributed by atoms with Crippen LogP contribution in [0.15, 0.2) is 60.2 Å². The van der Waals surface area contributed by atoms with Crippen molar-refractivity contribution in [3.05, 3.63) is 76.9 Å². The van der Waals surface area contributed by atoms with E-state index in [-0.39, 0.29) is 11.3 Å². The highest BCUT2D eigenvalue weighted by Crippen LogP contribution is 2.34. The quantitative estimate of drug-likeness (QED) is 0.721. The molecule has 0 bridgehead atoms. The summed E-state index contributed by atoms with van der Waals surface area (Å²) in [6, 6.07) is 16.7. The normalized spacial score (nSPS) is 16.5. The highest BCUT2D eigenvalue weighted by atomic mass is 16.5. The van der Waals surface area contributed by atoms with Crippen LogP contribution < -0.4 is 4.74 Å². The highest BCUT2D eigenvalue weighted by Gasteiger charge is 2.33. The number of methoxy groups -OCH3 is 1. The second-order valence-electron chi connectivity index (χ2n) is 7.72. The van der Waals surface area contributed by atoms with Crippen LogP contribution in [-0.2, 0) is 0 Å². The van der Waals surface area contributed by atoms with Gasteiger partial charge in [-0.2, -0.15) is 5.26 Å². The van der Waals surface area contributed by atoms with Crippen LogP contribution in [0.2, 0.25) is 0 Å². The molecule has 0 radical (unpaired) electrons. The van der Waals surface area contributed by atoms with Gasteiger partial charge in [0.05, 0.1) is 18.7 Å². The average molecular weight is 384 g/mol. The average Bonchev–Trinajstić information content (AvgIpc) is 2.74. The van der Waals surface area contributed by atoms with Crippen LogP contribution in [0.1, 0.15) is 41.8 Å². The standard InChI is InChI=1S/C25H24N2O2/c1-25(2)18-27(24(28)21-10-6-12-23(16-21)29-3)14-13-22(25)11-5-8-19-7-4-9-20(15-19)17-26/h4,6-7,9-12,15-16H,13-14,18H2,1-3H3/b22-11+. The Hall–Kier alpha value is -3.50. The Labute approximate surface area is 172 Å². The summed E-state index contributed by atoms with van der Waals surface area (Å²) in [6.45, 7) is 5.58. The molecule has 0 N–H and O–H groups in total. The molecule has 0 atom stereocenters. The second kappa shape index (κ2) is 8.67. The van der Waals surface area contributed by atoms with E-state index in [1.807, 2.05) is 41.3 Å². The zero-order valence-corrected chi connectivity index (χ0v) is 17.0. The molecule has 1 fully saturated rings. The third kappa shape index (κ3) is 4.86. The van der Waals surface area contributed by atoms with E-state index in [4.69, 9.17) is 10.00 Å². The lowest BCUT2D eigenvalue weighted by molar-refractivity contribution is 0.0663. The summed E-state index contributed by atoms with van der Waals surface area (Å²) in [5, 5.41) is 8.99. The molecular weight excluding hydrogens is 360 g/mol. The van der Waals surface area contributed by atoms with Gasteiger partial charge in [0.1, 0.15) is 5.75 Å². The topological polar surface area (TPSA) is 53.3 Å². The summed E-state index contributed by atoms with van der Waals surface area (Å²) in [5.41, 5.74) is 3.15. The van der Waals surface area contributed by atoms with Crippen LogP contribution in [-0.4, -0.2) is 31.0 Å². The van der Waals surface area contributed by atoms with Gasteiger partial charge < -0.3 is 9.64 Å². The zero-order chi connectivity index (χ0) is 20.9. The minimum absolute atomic E-state index is 0.0235. The smallest absolute Gasteiger partial charge is 0.254 e. The molecule has 1 amide bonds. The molecule has 2 aromatic carbocycles. The number of likely N-dealkylation sites (tertiary alicyclic amines) is 1. The van der Waals surface area contributed by atoms with E-state index >= 15 is 0 Å². The van der Waals surface area contributed by atoms with Crippen molar-refractivity contribution in [2.24, 2.45) is 5.41 Å². The van der Waals surface area contributed by atoms with E-state index < -0.39 is 0 Å². The van der Waals surface area contributed by atoms with Crippen molar-refractivity contribution in [3.63, 3.8) is 0 Å². The lowest BCUT2D eigenvalue weighted by Crippen LogP contribution is -2.44. The number of allylic oxidation sites excluding steroid dienone is 1. The Balaban J connectivity index is 1.73. The number of piperidine rings is 1. The zero-order valence-electron chi connectivity index (χ0n) is 17.0. The fraction of sp³-hybridized carbons (Fsp3) is 0.280. The van der Waals surface area contributed by atoms with E-state index in [1.165, 1.54) is 5.57 Å². The fourth-order valence-electron chi connectivity index (χ4n) is 3.50. The summed E-state index contributed by atoms with van der Waals surface area (Å²) in [6.07, 6.45) is 2.75. The van der Waals surface area contributed by atoms with Gasteiger partial charge in [-0.05, 0) is 48.9 Å². The van der Waals surface area contributed by atoms with Crippen molar-refractivity contribution in [1.82, 2.24) is 4.90 Å². The first-order valence-corrected chi connectivity index (χ1v) is 9.57. The van der Waals surface area contributed by atoms with Gasteiger partial charge >= 0.3 is 0 Å². The summed E-state index contributed by atoms with van der Waals surface area (Å²) < 4.78 is 5.23. The van der Waals surface area contributed by atoms with Crippen molar-refractivity contribution in [3.8, 4) is 23.7 Å². The number of rotatable bonds is 2. The van der Waals surface area contributed by atoms with E-state index in [0.717, 1.165) is 12.0 Å². The Morgan fingerprint density at radius 2 is 1.93 bits per heavy atom. The van der Waals surface area contributed by atoms with Crippen LogP contribution in [0.5, 0.6) is 5.75 Å². The van der Waals surface area contributed by atoms with Crippen molar-refractivity contribution in [1.29, 1.82) is 5.26 Å². The lowest BCUT2D eigenvalue weighted by Gasteiger charge is -2.40. The summed E-state index contributed by atoms with van der Waals surface area (Å²) in [4.78, 5) is 14.8. The molecular formula is C25H24N2O2. The molecule has 4 nitrogen and oxygen atoms in total. The first-order chi connectivity index (χ1) is 13.9. The maximum Gasteiger partial charge on any atom is 0.254 e. The SMILES string of the molecule is COc1cccc(C(=O)N2CC/C(=C\C#Cc3cccc(C#N)c3)C(C)(C)C2)c1. The minimum atomic E-state index is -0.157. The van der Waals surface area contributed by atoms with Crippen molar-refractivity contribution in [2.45, 2.75) is 20.3 Å². The largest absolute Gasteiger partial charge is 0.497 e. The number of carbonyl (C=O) groups excluding carboxylic acids is 1. The number of nitrogens with zero attached hydrogens (tertiary/aromatic N) is 2. The van der Waals surface area contributed by atoms with Crippen molar-refractivity contribution >= 4 is 5.91 Å². The van der Waals surface area contributed by atoms with Gasteiger partial charge in [0, 0.05) is 29.6 Å². The molecule has 146 valence electrons. The van der Waals surface area contributed by atoms with E-state index in [9.17, 15) is 4.79 Å². The first kappa shape index (κ1) is 20.2. The molecule has 0 spiro atoms. The summed E-state index contributed by atoms with van der Waals surface area (Å²) in [5.74, 6) is 6.94. The van der Waals surface area contributed by atoms with Gasteiger partial charge in [-0.1, -0.05) is 43.4 Å². The second-order valence-corrected chi connectivity index (χ2v) is 7.72. The van der Waals surface area contributed by atoms with Crippen LogP contribution in [0.25, 0.3) is 0 Å². The molecule has 1 aliphatic heterocycles. The van der Waals surface area contributed by atoms with Gasteiger partial charge in [-0.25, -0.2) is 0 Å². The monoisotopic (exact) mass is 384 g/mol. The third-order valence-corrected chi connectivity index (χ3v) is 5.16. The van der Waals surface area contributed by atoms with E-state index in [0.29, 0.717) is 30.0 Å². The number of amides is 1. The number of nitriles is 1. The van der Waals surface area contributed by atoms with E-state index in [1.54, 1.807) is 25.3 Å². The molecule has 4 heteroatoms. The molecule has 0 aromatic heterocycles. The molecule has 1 aliphatic rings. The molecule has 1 saturated heterocycles. The molecule has 2 aromatic rings. The molecule has 29 heavy (non-hydrogen) atoms. The van der Waals surface area contributed by atoms with Crippen molar-refractivity contribution < 1.29 is 9.53 Å². The third-order valence-electron chi connectivity index (χ3n) is 5.16. The van der Waals surface area contributed by atoms with Gasteiger partial charge in [-0.15, -0.1) is 0 Å². The van der Waals surface area contributed by atoms with Crippen LogP contribution in [0, 0.1) is 28.6 Å². The number of benzene rings is 2. The number of ether oxygens (including phenoxy) is 1. The molecule has 0 unspecified atom stereocenters. The Morgan fingerprint density at radius 1 is 1.17 bits per heavy atom. The van der Waals surface area contributed by atoms with Gasteiger partial charge in [-0.3, -0.25) is 4.79 Å². The summed E-state index contributed by atoms with van der Waals surface area (Å²) in [7, 11) is 1.60. The maximum atomic E-state index is 12.9. The first-order valence-electron chi connectivity index (χ1n) is 9.57. The van der Waals surface area contributed by atoms with Crippen LogP contribution in [0.4, 0.5) is 0 Å². The lowest BCUT2D eigenvalue weighted by atomic mass is 9.78. The molecule has 0 aliphatic carbocycles. The fourth-order valence-corrected chi connectivity index (χ4v) is 3.50.